The normalized spacial score (nSPS) is 14.5. The topological polar surface area (TPSA) is 49.3 Å². The van der Waals surface area contributed by atoms with Gasteiger partial charge in [0.1, 0.15) is 11.6 Å². The van der Waals surface area contributed by atoms with Gasteiger partial charge >= 0.3 is 0 Å². The van der Waals surface area contributed by atoms with E-state index in [2.05, 4.69) is 9.88 Å². The van der Waals surface area contributed by atoms with Crippen molar-refractivity contribution in [1.82, 2.24) is 14.9 Å². The fourth-order valence-electron chi connectivity index (χ4n) is 3.51. The van der Waals surface area contributed by atoms with Gasteiger partial charge in [-0.3, -0.25) is 4.79 Å². The van der Waals surface area contributed by atoms with Gasteiger partial charge in [0.2, 0.25) is 0 Å². The summed E-state index contributed by atoms with van der Waals surface area (Å²) in [6.07, 6.45) is 0.701. The number of carbonyl (C=O) groups is 1. The van der Waals surface area contributed by atoms with E-state index in [-0.39, 0.29) is 5.91 Å². The average Bonchev–Trinajstić information content (AvgIpc) is 2.73. The Morgan fingerprint density at radius 1 is 1.00 bits per heavy atom. The maximum absolute atomic E-state index is 12.8. The van der Waals surface area contributed by atoms with Gasteiger partial charge in [-0.05, 0) is 24.3 Å². The highest BCUT2D eigenvalue weighted by molar-refractivity contribution is 6.38. The Kier molecular flexibility index (Phi) is 5.81. The number of piperazine rings is 1. The third-order valence-corrected chi connectivity index (χ3v) is 5.87. The summed E-state index contributed by atoms with van der Waals surface area (Å²) in [6.45, 7) is 4.46. The predicted molar refractivity (Wildman–Crippen MR) is 119 cm³/mol. The van der Waals surface area contributed by atoms with Crippen LogP contribution < -0.4 is 4.90 Å². The lowest BCUT2D eigenvalue weighted by atomic mass is 10.1. The third kappa shape index (κ3) is 4.00. The van der Waals surface area contributed by atoms with Crippen molar-refractivity contribution in [2.45, 2.75) is 13.3 Å². The molecular weight excluding hydrogens is 431 g/mol. The van der Waals surface area contributed by atoms with Gasteiger partial charge in [0.25, 0.3) is 5.91 Å². The van der Waals surface area contributed by atoms with E-state index in [0.29, 0.717) is 58.7 Å². The van der Waals surface area contributed by atoms with Crippen LogP contribution in [0.25, 0.3) is 10.9 Å². The van der Waals surface area contributed by atoms with Gasteiger partial charge in [-0.2, -0.15) is 0 Å². The van der Waals surface area contributed by atoms with Crippen molar-refractivity contribution in [3.05, 3.63) is 62.9 Å². The van der Waals surface area contributed by atoms with Crippen LogP contribution in [0.1, 0.15) is 23.1 Å². The molecule has 0 atom stereocenters. The molecule has 1 fully saturated rings. The summed E-state index contributed by atoms with van der Waals surface area (Å²) in [6, 6.07) is 10.7. The van der Waals surface area contributed by atoms with Gasteiger partial charge in [0.15, 0.2) is 0 Å². The molecular formula is C21H19Cl3N4O. The first kappa shape index (κ1) is 20.2. The van der Waals surface area contributed by atoms with E-state index in [9.17, 15) is 4.79 Å². The van der Waals surface area contributed by atoms with Crippen molar-refractivity contribution < 1.29 is 4.79 Å². The minimum absolute atomic E-state index is 0.0527. The summed E-state index contributed by atoms with van der Waals surface area (Å²) in [5.74, 6) is 1.48. The van der Waals surface area contributed by atoms with Crippen molar-refractivity contribution in [1.29, 1.82) is 0 Å². The van der Waals surface area contributed by atoms with Crippen molar-refractivity contribution in [3.8, 4) is 0 Å². The van der Waals surface area contributed by atoms with Crippen LogP contribution in [0.4, 0.5) is 5.82 Å². The lowest BCUT2D eigenvalue weighted by molar-refractivity contribution is 0.0747. The fourth-order valence-corrected chi connectivity index (χ4v) is 4.26. The van der Waals surface area contributed by atoms with Crippen LogP contribution in [0.5, 0.6) is 0 Å². The zero-order valence-corrected chi connectivity index (χ0v) is 18.1. The quantitative estimate of drug-likeness (QED) is 0.557. The number of benzene rings is 2. The molecule has 150 valence electrons. The standard InChI is InChI=1S/C21H19Cl3N4O/c1-2-18-25-19-15(11-13(22)12-17(19)24)20(26-18)27-7-9-28(10-8-27)21(29)14-5-3-4-6-16(14)23/h3-6,11-12H,2,7-10H2,1H3. The van der Waals surface area contributed by atoms with Gasteiger partial charge in [0, 0.05) is 43.0 Å². The van der Waals surface area contributed by atoms with E-state index in [1.165, 1.54) is 0 Å². The second kappa shape index (κ2) is 8.34. The Bertz CT molecular complexity index is 1080. The number of aromatic nitrogens is 2. The Morgan fingerprint density at radius 3 is 2.41 bits per heavy atom. The van der Waals surface area contributed by atoms with E-state index in [0.717, 1.165) is 17.0 Å². The summed E-state index contributed by atoms with van der Waals surface area (Å²) >= 11 is 18.8. The molecule has 8 heteroatoms. The molecule has 0 unspecified atom stereocenters. The van der Waals surface area contributed by atoms with Crippen LogP contribution in [0, 0.1) is 0 Å². The molecule has 29 heavy (non-hydrogen) atoms. The van der Waals surface area contributed by atoms with Crippen LogP contribution in [0.2, 0.25) is 15.1 Å². The lowest BCUT2D eigenvalue weighted by Gasteiger charge is -2.36. The lowest BCUT2D eigenvalue weighted by Crippen LogP contribution is -2.49. The molecule has 5 nitrogen and oxygen atoms in total. The molecule has 2 aromatic carbocycles. The number of hydrogen-bond acceptors (Lipinski definition) is 4. The van der Waals surface area contributed by atoms with Gasteiger partial charge in [0.05, 0.1) is 21.1 Å². The number of fused-ring (bicyclic) bond motifs is 1. The van der Waals surface area contributed by atoms with Gasteiger partial charge in [-0.1, -0.05) is 53.9 Å². The van der Waals surface area contributed by atoms with Crippen LogP contribution >= 0.6 is 34.8 Å². The maximum atomic E-state index is 12.8. The predicted octanol–water partition coefficient (Wildman–Crippen LogP) is 5.11. The molecule has 0 saturated carbocycles. The van der Waals surface area contributed by atoms with E-state index in [4.69, 9.17) is 39.8 Å². The van der Waals surface area contributed by atoms with Crippen LogP contribution in [0.3, 0.4) is 0 Å². The molecule has 3 aromatic rings. The first-order valence-electron chi connectivity index (χ1n) is 9.42. The van der Waals surface area contributed by atoms with Gasteiger partial charge < -0.3 is 9.80 Å². The first-order valence-corrected chi connectivity index (χ1v) is 10.6. The van der Waals surface area contributed by atoms with Crippen molar-refractivity contribution in [2.75, 3.05) is 31.1 Å². The third-order valence-electron chi connectivity index (χ3n) is 5.03. The molecule has 1 aliphatic rings. The second-order valence-corrected chi connectivity index (χ2v) is 8.11. The van der Waals surface area contributed by atoms with Crippen LogP contribution in [-0.2, 0) is 6.42 Å². The Hall–Kier alpha value is -2.08. The van der Waals surface area contributed by atoms with E-state index in [1.807, 2.05) is 30.0 Å². The van der Waals surface area contributed by atoms with Gasteiger partial charge in [-0.15, -0.1) is 0 Å². The number of nitrogens with zero attached hydrogens (tertiary/aromatic N) is 4. The van der Waals surface area contributed by atoms with E-state index in [1.54, 1.807) is 18.2 Å². The first-order chi connectivity index (χ1) is 14.0. The number of rotatable bonds is 3. The van der Waals surface area contributed by atoms with Gasteiger partial charge in [-0.25, -0.2) is 9.97 Å². The van der Waals surface area contributed by atoms with Crippen molar-refractivity contribution >= 4 is 57.4 Å². The smallest absolute Gasteiger partial charge is 0.255 e. The maximum Gasteiger partial charge on any atom is 0.255 e. The molecule has 0 bridgehead atoms. The largest absolute Gasteiger partial charge is 0.352 e. The molecule has 0 radical (unpaired) electrons. The molecule has 0 aliphatic carbocycles. The summed E-state index contributed by atoms with van der Waals surface area (Å²) < 4.78 is 0. The molecule has 1 aliphatic heterocycles. The molecule has 1 amide bonds. The zero-order valence-electron chi connectivity index (χ0n) is 15.8. The second-order valence-electron chi connectivity index (χ2n) is 6.86. The minimum Gasteiger partial charge on any atom is -0.352 e. The number of aryl methyl sites for hydroxylation is 1. The zero-order chi connectivity index (χ0) is 20.5. The number of halogens is 3. The summed E-state index contributed by atoms with van der Waals surface area (Å²) in [5.41, 5.74) is 1.23. The van der Waals surface area contributed by atoms with E-state index >= 15 is 0 Å². The highest BCUT2D eigenvalue weighted by Crippen LogP contribution is 2.33. The molecule has 0 N–H and O–H groups in total. The molecule has 1 saturated heterocycles. The number of carbonyl (C=O) groups excluding carboxylic acids is 1. The summed E-state index contributed by atoms with van der Waals surface area (Å²) in [4.78, 5) is 26.1. The molecule has 2 heterocycles. The average molecular weight is 450 g/mol. The number of hydrogen-bond donors (Lipinski definition) is 0. The van der Waals surface area contributed by atoms with Crippen LogP contribution in [0.15, 0.2) is 36.4 Å². The SMILES string of the molecule is CCc1nc(N2CCN(C(=O)c3ccccc3Cl)CC2)c2cc(Cl)cc(Cl)c2n1. The fraction of sp³-hybridized carbons (Fsp3) is 0.286. The molecule has 4 rings (SSSR count). The Labute approximate surface area is 184 Å². The highest BCUT2D eigenvalue weighted by atomic mass is 35.5. The number of amides is 1. The Morgan fingerprint density at radius 2 is 1.72 bits per heavy atom. The van der Waals surface area contributed by atoms with Crippen molar-refractivity contribution in [3.63, 3.8) is 0 Å². The summed E-state index contributed by atoms with van der Waals surface area (Å²) in [5, 5.41) is 2.35. The summed E-state index contributed by atoms with van der Waals surface area (Å²) in [7, 11) is 0. The van der Waals surface area contributed by atoms with Crippen LogP contribution in [-0.4, -0.2) is 47.0 Å². The molecule has 1 aromatic heterocycles. The monoisotopic (exact) mass is 448 g/mol. The highest BCUT2D eigenvalue weighted by Gasteiger charge is 2.26. The van der Waals surface area contributed by atoms with E-state index < -0.39 is 0 Å². The molecule has 0 spiro atoms. The van der Waals surface area contributed by atoms with Crippen molar-refractivity contribution in [2.24, 2.45) is 0 Å². The Balaban J connectivity index is 1.61. The number of anilines is 1. The minimum atomic E-state index is -0.0527.